The number of anilines is 2. The van der Waals surface area contributed by atoms with Gasteiger partial charge in [-0.15, -0.1) is 0 Å². The molecule has 1 amide bonds. The number of nitrogens with two attached hydrogens (primary N) is 1. The predicted octanol–water partition coefficient (Wildman–Crippen LogP) is 2.03. The van der Waals surface area contributed by atoms with E-state index in [4.69, 9.17) is 15.1 Å². The Morgan fingerprint density at radius 2 is 2.27 bits per heavy atom. The summed E-state index contributed by atoms with van der Waals surface area (Å²) in [6.07, 6.45) is 2.17. The van der Waals surface area contributed by atoms with Crippen LogP contribution in [0.4, 0.5) is 11.5 Å². The van der Waals surface area contributed by atoms with Crippen LogP contribution in [0.5, 0.6) is 5.75 Å². The summed E-state index contributed by atoms with van der Waals surface area (Å²) in [7, 11) is -0.959. The van der Waals surface area contributed by atoms with E-state index in [0.29, 0.717) is 36.9 Å². The largest absolute Gasteiger partial charge is 0.555 e. The van der Waals surface area contributed by atoms with Crippen LogP contribution in [0.2, 0.25) is 0 Å². The van der Waals surface area contributed by atoms with Crippen LogP contribution in [0, 0.1) is 17.2 Å². The predicted molar refractivity (Wildman–Crippen MR) is 111 cm³/mol. The Balaban J connectivity index is 1.67. The Morgan fingerprint density at radius 3 is 3.00 bits per heavy atom. The summed E-state index contributed by atoms with van der Waals surface area (Å²) in [5.74, 6) is 0.00785. The third-order valence-electron chi connectivity index (χ3n) is 5.68. The van der Waals surface area contributed by atoms with Gasteiger partial charge in [0.15, 0.2) is 5.82 Å². The summed E-state index contributed by atoms with van der Waals surface area (Å²) in [6.45, 7) is 4.60. The van der Waals surface area contributed by atoms with Crippen molar-refractivity contribution in [2.75, 3.05) is 18.5 Å². The average molecular weight is 407 g/mol. The first kappa shape index (κ1) is 20.0. The summed E-state index contributed by atoms with van der Waals surface area (Å²) >= 11 is 0. The molecule has 0 bridgehead atoms. The van der Waals surface area contributed by atoms with Crippen molar-refractivity contribution < 1.29 is 19.2 Å². The van der Waals surface area contributed by atoms with Crippen molar-refractivity contribution in [2.45, 2.75) is 26.3 Å². The molecular formula is C20H22BN5O4. The number of ether oxygens (including phenoxy) is 1. The Kier molecular flexibility index (Phi) is 5.24. The minimum absolute atomic E-state index is 0.227. The van der Waals surface area contributed by atoms with Gasteiger partial charge in [-0.05, 0) is 49.5 Å². The number of rotatable bonds is 4. The van der Waals surface area contributed by atoms with E-state index < -0.39 is 13.0 Å². The quantitative estimate of drug-likeness (QED) is 0.660. The van der Waals surface area contributed by atoms with E-state index in [1.807, 2.05) is 19.9 Å². The van der Waals surface area contributed by atoms with E-state index in [2.05, 4.69) is 16.5 Å². The van der Waals surface area contributed by atoms with Crippen LogP contribution in [-0.2, 0) is 4.74 Å². The number of primary amides is 1. The summed E-state index contributed by atoms with van der Waals surface area (Å²) in [4.78, 5) is 12.0. The molecule has 0 aliphatic carbocycles. The second-order valence-electron chi connectivity index (χ2n) is 7.52. The zero-order valence-corrected chi connectivity index (χ0v) is 16.8. The van der Waals surface area contributed by atoms with Gasteiger partial charge >= 0.3 is 7.12 Å². The molecule has 0 unspecified atom stereocenters. The lowest BCUT2D eigenvalue weighted by Gasteiger charge is -2.27. The molecule has 2 aliphatic heterocycles. The third kappa shape index (κ3) is 3.53. The number of carbonyl (C=O) groups excluding carboxylic acids is 1. The monoisotopic (exact) mass is 407 g/mol. The highest BCUT2D eigenvalue weighted by Gasteiger charge is 2.30. The number of nitrogens with one attached hydrogen (secondary N) is 1. The van der Waals surface area contributed by atoms with Crippen LogP contribution < -0.4 is 15.7 Å². The zero-order valence-electron chi connectivity index (χ0n) is 16.8. The van der Waals surface area contributed by atoms with Crippen molar-refractivity contribution in [2.24, 2.45) is 11.7 Å². The molecule has 9 nitrogen and oxygen atoms in total. The smallest absolute Gasteiger partial charge is 0.532 e. The number of amides is 1. The molecule has 1 aromatic heterocycles. The highest BCUT2D eigenvalue weighted by Crippen LogP contribution is 2.36. The molecule has 2 atom stereocenters. The molecule has 0 saturated carbocycles. The van der Waals surface area contributed by atoms with Crippen molar-refractivity contribution >= 4 is 30.1 Å². The molecule has 10 heteroatoms. The lowest BCUT2D eigenvalue weighted by atomic mass is 9.73. The van der Waals surface area contributed by atoms with Gasteiger partial charge in [-0.2, -0.15) is 10.4 Å². The first-order chi connectivity index (χ1) is 14.4. The van der Waals surface area contributed by atoms with Crippen molar-refractivity contribution in [3.63, 3.8) is 0 Å². The molecule has 0 spiro atoms. The van der Waals surface area contributed by atoms with Gasteiger partial charge in [0.2, 0.25) is 0 Å². The molecule has 0 radical (unpaired) electrons. The van der Waals surface area contributed by atoms with E-state index >= 15 is 0 Å². The van der Waals surface area contributed by atoms with Gasteiger partial charge in [-0.25, -0.2) is 0 Å². The molecule has 154 valence electrons. The molecule has 2 aromatic rings. The van der Waals surface area contributed by atoms with E-state index in [1.54, 1.807) is 23.0 Å². The van der Waals surface area contributed by atoms with E-state index in [9.17, 15) is 15.1 Å². The second kappa shape index (κ2) is 7.86. The highest BCUT2D eigenvalue weighted by atomic mass is 16.5. The fourth-order valence-corrected chi connectivity index (χ4v) is 3.71. The molecule has 30 heavy (non-hydrogen) atoms. The van der Waals surface area contributed by atoms with E-state index in [-0.39, 0.29) is 17.5 Å². The van der Waals surface area contributed by atoms with E-state index in [1.165, 1.54) is 0 Å². The number of benzene rings is 1. The van der Waals surface area contributed by atoms with Gasteiger partial charge in [0, 0.05) is 24.1 Å². The lowest BCUT2D eigenvalue weighted by molar-refractivity contribution is 0.0342. The molecule has 2 aliphatic rings. The number of fused-ring (bicyclic) bond motifs is 1. The molecule has 1 saturated heterocycles. The van der Waals surface area contributed by atoms with Crippen LogP contribution in [0.25, 0.3) is 5.57 Å². The Labute approximate surface area is 174 Å². The van der Waals surface area contributed by atoms with Crippen molar-refractivity contribution in [1.29, 1.82) is 5.26 Å². The van der Waals surface area contributed by atoms with Crippen LogP contribution in [0.1, 0.15) is 42.2 Å². The van der Waals surface area contributed by atoms with E-state index in [0.717, 1.165) is 16.6 Å². The fourth-order valence-electron chi connectivity index (χ4n) is 3.71. The lowest BCUT2D eigenvalue weighted by Crippen LogP contribution is -2.29. The van der Waals surface area contributed by atoms with Crippen molar-refractivity contribution in [3.8, 4) is 11.8 Å². The second-order valence-corrected chi connectivity index (χ2v) is 7.52. The summed E-state index contributed by atoms with van der Waals surface area (Å²) < 4.78 is 12.6. The maximum absolute atomic E-state index is 12.0. The van der Waals surface area contributed by atoms with Crippen LogP contribution >= 0.6 is 0 Å². The number of carbonyl (C=O) groups is 1. The summed E-state index contributed by atoms with van der Waals surface area (Å²) in [5, 5.41) is 27.0. The van der Waals surface area contributed by atoms with Gasteiger partial charge in [0.1, 0.15) is 11.3 Å². The number of aromatic nitrogens is 2. The summed E-state index contributed by atoms with van der Waals surface area (Å²) in [6, 6.07) is 7.39. The molecule has 1 aromatic carbocycles. The Hall–Kier alpha value is -3.29. The molecule has 4 rings (SSSR count). The van der Waals surface area contributed by atoms with Crippen molar-refractivity contribution in [1.82, 2.24) is 9.78 Å². The number of hydrogen-bond acceptors (Lipinski definition) is 7. The molecular weight excluding hydrogens is 385 g/mol. The normalized spacial score (nSPS) is 20.9. The minimum atomic E-state index is -0.959. The zero-order chi connectivity index (χ0) is 21.4. The molecule has 4 N–H and O–H groups in total. The summed E-state index contributed by atoms with van der Waals surface area (Å²) in [5.41, 5.74) is 8.97. The first-order valence-electron chi connectivity index (χ1n) is 9.69. The average Bonchev–Trinajstić information content (AvgIpc) is 3.16. The van der Waals surface area contributed by atoms with Crippen LogP contribution in [-0.4, -0.2) is 41.0 Å². The molecule has 3 heterocycles. The van der Waals surface area contributed by atoms with Gasteiger partial charge in [0.05, 0.1) is 24.6 Å². The maximum atomic E-state index is 12.0. The highest BCUT2D eigenvalue weighted by molar-refractivity contribution is 6.55. The van der Waals surface area contributed by atoms with Crippen LogP contribution in [0.15, 0.2) is 29.9 Å². The standard InChI is InChI=1S/C20H22BN5O4/c1-11-12(2)21(28)30-18-4-3-14(7-15(11)18)24-20-16(19(23)27)9-26(25-20)17-10-29-6-5-13(17)8-22/h3-4,7,9,13,17,28H,5-6,10H2,1-2H3,(H2,23,27)(H,24,25)/t13-,17+/m0/s1. The number of allylic oxidation sites excluding steroid dienone is 2. The minimum Gasteiger partial charge on any atom is -0.532 e. The van der Waals surface area contributed by atoms with Gasteiger partial charge < -0.3 is 25.5 Å². The van der Waals surface area contributed by atoms with Crippen molar-refractivity contribution in [3.05, 3.63) is 41.0 Å². The Bertz CT molecular complexity index is 1070. The SMILES string of the molecule is CC1=C(C)c2cc(Nc3nn([C@@H]4COCC[C@H]4C#N)cc3C(N)=O)ccc2OB1O. The van der Waals surface area contributed by atoms with Gasteiger partial charge in [-0.3, -0.25) is 9.48 Å². The Morgan fingerprint density at radius 1 is 1.47 bits per heavy atom. The first-order valence-corrected chi connectivity index (χ1v) is 9.69. The maximum Gasteiger partial charge on any atom is 0.555 e. The topological polar surface area (TPSA) is 135 Å². The molecule has 1 fully saturated rings. The fraction of sp³-hybridized carbons (Fsp3) is 0.350. The number of nitriles is 1. The number of nitrogens with zero attached hydrogens (tertiary/aromatic N) is 3. The van der Waals surface area contributed by atoms with Crippen LogP contribution in [0.3, 0.4) is 0 Å². The van der Waals surface area contributed by atoms with Gasteiger partial charge in [0.25, 0.3) is 5.91 Å². The third-order valence-corrected chi connectivity index (χ3v) is 5.68. The number of hydrogen-bond donors (Lipinski definition) is 3. The van der Waals surface area contributed by atoms with Gasteiger partial charge in [-0.1, -0.05) is 0 Å².